The summed E-state index contributed by atoms with van der Waals surface area (Å²) in [5.74, 6) is 1.22. The zero-order chi connectivity index (χ0) is 12.5. The Labute approximate surface area is 103 Å². The minimum absolute atomic E-state index is 0.413. The van der Waals surface area contributed by atoms with E-state index in [0.717, 1.165) is 17.1 Å². The molecule has 90 valence electrons. The van der Waals surface area contributed by atoms with E-state index >= 15 is 0 Å². The number of fused-ring (bicyclic) bond motifs is 1. The Bertz CT molecular complexity index is 685. The van der Waals surface area contributed by atoms with Crippen molar-refractivity contribution in [1.29, 1.82) is 0 Å². The molecule has 0 unspecified atom stereocenters. The molecule has 0 bridgehead atoms. The lowest BCUT2D eigenvalue weighted by atomic mass is 10.1. The molecule has 0 amide bonds. The van der Waals surface area contributed by atoms with Gasteiger partial charge in [0.2, 0.25) is 0 Å². The van der Waals surface area contributed by atoms with Gasteiger partial charge in [-0.15, -0.1) is 0 Å². The van der Waals surface area contributed by atoms with Crippen molar-refractivity contribution < 1.29 is 0 Å². The second-order valence-electron chi connectivity index (χ2n) is 4.06. The molecule has 0 saturated heterocycles. The highest BCUT2D eigenvalue weighted by atomic mass is 15.0. The Morgan fingerprint density at radius 3 is 2.56 bits per heavy atom. The number of nitrogens with one attached hydrogen (secondary N) is 1. The Hall–Kier alpha value is -2.63. The van der Waals surface area contributed by atoms with Crippen LogP contribution in [-0.2, 0) is 6.42 Å². The molecule has 0 spiro atoms. The van der Waals surface area contributed by atoms with E-state index in [1.165, 1.54) is 6.33 Å². The van der Waals surface area contributed by atoms with Gasteiger partial charge in [0.05, 0.1) is 0 Å². The van der Waals surface area contributed by atoms with Crippen molar-refractivity contribution in [3.8, 4) is 0 Å². The van der Waals surface area contributed by atoms with Gasteiger partial charge in [0.1, 0.15) is 17.7 Å². The molecule has 0 fully saturated rings. The van der Waals surface area contributed by atoms with Crippen LogP contribution in [0.5, 0.6) is 0 Å². The zero-order valence-corrected chi connectivity index (χ0v) is 9.59. The van der Waals surface area contributed by atoms with Crippen molar-refractivity contribution in [2.75, 3.05) is 11.5 Å². The van der Waals surface area contributed by atoms with E-state index in [1.807, 2.05) is 24.3 Å². The van der Waals surface area contributed by atoms with E-state index in [4.69, 9.17) is 11.5 Å². The fraction of sp³-hybridized carbons (Fsp3) is 0.0833. The first-order valence-corrected chi connectivity index (χ1v) is 5.52. The van der Waals surface area contributed by atoms with Gasteiger partial charge in [-0.2, -0.15) is 0 Å². The molecule has 0 aliphatic heterocycles. The minimum Gasteiger partial charge on any atom is -0.399 e. The summed E-state index contributed by atoms with van der Waals surface area (Å²) in [5, 5.41) is 0. The number of H-pyrrole nitrogens is 1. The summed E-state index contributed by atoms with van der Waals surface area (Å²) in [7, 11) is 0. The summed E-state index contributed by atoms with van der Waals surface area (Å²) >= 11 is 0. The maximum Gasteiger partial charge on any atom is 0.183 e. The maximum absolute atomic E-state index is 5.74. The van der Waals surface area contributed by atoms with Gasteiger partial charge in [0.15, 0.2) is 11.5 Å². The van der Waals surface area contributed by atoms with Crippen LogP contribution in [0.15, 0.2) is 30.6 Å². The second-order valence-corrected chi connectivity index (χ2v) is 4.06. The highest BCUT2D eigenvalue weighted by molar-refractivity contribution is 5.81. The lowest BCUT2D eigenvalue weighted by Gasteiger charge is -1.98. The molecule has 3 rings (SSSR count). The Morgan fingerprint density at radius 1 is 1.06 bits per heavy atom. The molecule has 1 aromatic carbocycles. The van der Waals surface area contributed by atoms with Crippen LogP contribution in [0.25, 0.3) is 11.2 Å². The summed E-state index contributed by atoms with van der Waals surface area (Å²) < 4.78 is 0. The zero-order valence-electron chi connectivity index (χ0n) is 9.59. The van der Waals surface area contributed by atoms with E-state index in [9.17, 15) is 0 Å². The summed E-state index contributed by atoms with van der Waals surface area (Å²) in [4.78, 5) is 15.5. The number of nitrogens with zero attached hydrogens (tertiary/aromatic N) is 3. The molecule has 18 heavy (non-hydrogen) atoms. The molecule has 0 radical (unpaired) electrons. The van der Waals surface area contributed by atoms with Crippen LogP contribution < -0.4 is 11.5 Å². The average molecular weight is 240 g/mol. The van der Waals surface area contributed by atoms with Crippen molar-refractivity contribution in [3.05, 3.63) is 42.0 Å². The number of anilines is 2. The smallest absolute Gasteiger partial charge is 0.183 e. The third-order valence-corrected chi connectivity index (χ3v) is 2.72. The molecule has 0 saturated carbocycles. The van der Waals surface area contributed by atoms with Crippen LogP contribution in [0, 0.1) is 0 Å². The number of hydrogen-bond donors (Lipinski definition) is 3. The van der Waals surface area contributed by atoms with E-state index in [0.29, 0.717) is 23.4 Å². The number of aromatic nitrogens is 4. The average Bonchev–Trinajstić information content (AvgIpc) is 2.76. The fourth-order valence-corrected chi connectivity index (χ4v) is 1.81. The topological polar surface area (TPSA) is 106 Å². The molecular weight excluding hydrogens is 228 g/mol. The normalized spacial score (nSPS) is 10.9. The molecule has 2 heterocycles. The highest BCUT2D eigenvalue weighted by Crippen LogP contribution is 2.16. The Balaban J connectivity index is 1.95. The quantitative estimate of drug-likeness (QED) is 0.582. The van der Waals surface area contributed by atoms with Gasteiger partial charge >= 0.3 is 0 Å². The lowest BCUT2D eigenvalue weighted by Crippen LogP contribution is -1.92. The van der Waals surface area contributed by atoms with Gasteiger partial charge in [0, 0.05) is 12.1 Å². The molecule has 2 aromatic heterocycles. The number of rotatable bonds is 2. The third-order valence-electron chi connectivity index (χ3n) is 2.72. The molecule has 6 heteroatoms. The van der Waals surface area contributed by atoms with Crippen LogP contribution in [0.1, 0.15) is 11.4 Å². The van der Waals surface area contributed by atoms with E-state index in [2.05, 4.69) is 19.9 Å². The van der Waals surface area contributed by atoms with E-state index in [1.54, 1.807) is 0 Å². The molecule has 5 N–H and O–H groups in total. The van der Waals surface area contributed by atoms with Crippen LogP contribution >= 0.6 is 0 Å². The van der Waals surface area contributed by atoms with Crippen LogP contribution in [-0.4, -0.2) is 19.9 Å². The van der Waals surface area contributed by atoms with Crippen molar-refractivity contribution in [3.63, 3.8) is 0 Å². The SMILES string of the molecule is Nc1ccc(Cc2nc3ncnc(N)c3[nH]2)cc1. The van der Waals surface area contributed by atoms with E-state index in [-0.39, 0.29) is 0 Å². The minimum atomic E-state index is 0.413. The molecule has 0 aliphatic carbocycles. The molecule has 6 nitrogen and oxygen atoms in total. The Kier molecular flexibility index (Phi) is 2.33. The van der Waals surface area contributed by atoms with E-state index < -0.39 is 0 Å². The standard InChI is InChI=1S/C12H12N6/c13-8-3-1-7(2-4-8)5-9-17-10-11(14)15-6-16-12(10)18-9/h1-4,6H,5,13H2,(H3,14,15,16,17,18). The first-order valence-electron chi connectivity index (χ1n) is 5.52. The van der Waals surface area contributed by atoms with Gasteiger partial charge in [-0.1, -0.05) is 12.1 Å². The fourth-order valence-electron chi connectivity index (χ4n) is 1.81. The molecule has 0 aliphatic rings. The van der Waals surface area contributed by atoms with Gasteiger partial charge in [0.25, 0.3) is 0 Å². The first kappa shape index (κ1) is 10.5. The Morgan fingerprint density at radius 2 is 1.83 bits per heavy atom. The monoisotopic (exact) mass is 240 g/mol. The summed E-state index contributed by atoms with van der Waals surface area (Å²) in [5.41, 5.74) is 14.5. The highest BCUT2D eigenvalue weighted by Gasteiger charge is 2.07. The van der Waals surface area contributed by atoms with Gasteiger partial charge in [-0.3, -0.25) is 0 Å². The number of nitrogens with two attached hydrogens (primary N) is 2. The number of benzene rings is 1. The van der Waals surface area contributed by atoms with Gasteiger partial charge < -0.3 is 16.5 Å². The first-order chi connectivity index (χ1) is 8.72. The second kappa shape index (κ2) is 3.99. The molecular formula is C12H12N6. The maximum atomic E-state index is 5.74. The number of hydrogen-bond acceptors (Lipinski definition) is 5. The van der Waals surface area contributed by atoms with Crippen LogP contribution in [0.2, 0.25) is 0 Å². The predicted molar refractivity (Wildman–Crippen MR) is 69.8 cm³/mol. The van der Waals surface area contributed by atoms with Crippen LogP contribution in [0.4, 0.5) is 11.5 Å². The molecule has 0 atom stereocenters. The van der Waals surface area contributed by atoms with Crippen molar-refractivity contribution >= 4 is 22.7 Å². The predicted octanol–water partition coefficient (Wildman–Crippen LogP) is 1.11. The van der Waals surface area contributed by atoms with Crippen LogP contribution in [0.3, 0.4) is 0 Å². The largest absolute Gasteiger partial charge is 0.399 e. The summed E-state index contributed by atoms with van der Waals surface area (Å²) in [6, 6.07) is 7.67. The van der Waals surface area contributed by atoms with Crippen molar-refractivity contribution in [1.82, 2.24) is 19.9 Å². The summed E-state index contributed by atoms with van der Waals surface area (Å²) in [6.07, 6.45) is 2.08. The number of aromatic amines is 1. The third kappa shape index (κ3) is 1.84. The lowest BCUT2D eigenvalue weighted by molar-refractivity contribution is 1.03. The van der Waals surface area contributed by atoms with Gasteiger partial charge in [-0.05, 0) is 17.7 Å². The van der Waals surface area contributed by atoms with Crippen molar-refractivity contribution in [2.45, 2.75) is 6.42 Å². The van der Waals surface area contributed by atoms with Crippen molar-refractivity contribution in [2.24, 2.45) is 0 Å². The number of nitrogen functional groups attached to an aromatic ring is 2. The molecule has 3 aromatic rings. The van der Waals surface area contributed by atoms with Gasteiger partial charge in [-0.25, -0.2) is 15.0 Å². The summed E-state index contributed by atoms with van der Waals surface area (Å²) in [6.45, 7) is 0. The number of imidazole rings is 1.